The molecule has 0 atom stereocenters. The lowest BCUT2D eigenvalue weighted by molar-refractivity contribution is 0.335. The summed E-state index contributed by atoms with van der Waals surface area (Å²) in [5, 5.41) is 0. The Morgan fingerprint density at radius 3 is 2.56 bits per heavy atom. The number of nitrogens with two attached hydrogens (primary N) is 1. The largest absolute Gasteiger partial charge is 0.399 e. The van der Waals surface area contributed by atoms with Gasteiger partial charge in [-0.05, 0) is 31.0 Å². The van der Waals surface area contributed by atoms with E-state index in [1.54, 1.807) is 22.5 Å². The predicted molar refractivity (Wildman–Crippen MR) is 72.7 cm³/mol. The zero-order valence-electron chi connectivity index (χ0n) is 10.7. The summed E-state index contributed by atoms with van der Waals surface area (Å²) < 4.78 is 26.8. The van der Waals surface area contributed by atoms with Gasteiger partial charge in [0, 0.05) is 18.3 Å². The van der Waals surface area contributed by atoms with Crippen LogP contribution in [0.5, 0.6) is 0 Å². The Bertz CT molecular complexity index is 507. The third kappa shape index (κ3) is 2.52. The third-order valence-electron chi connectivity index (χ3n) is 3.51. The Morgan fingerprint density at radius 1 is 1.33 bits per heavy atom. The topological polar surface area (TPSA) is 63.4 Å². The molecule has 0 amide bonds. The number of hydrogen-bond acceptors (Lipinski definition) is 3. The lowest BCUT2D eigenvalue weighted by Gasteiger charge is -2.26. The van der Waals surface area contributed by atoms with Crippen LogP contribution in [0.3, 0.4) is 0 Å². The van der Waals surface area contributed by atoms with Crippen LogP contribution in [-0.2, 0) is 10.0 Å². The fourth-order valence-corrected chi connectivity index (χ4v) is 4.38. The molecule has 2 N–H and O–H groups in total. The van der Waals surface area contributed by atoms with E-state index in [1.807, 2.05) is 6.92 Å². The minimum absolute atomic E-state index is 0.154. The summed E-state index contributed by atoms with van der Waals surface area (Å²) >= 11 is 0. The van der Waals surface area contributed by atoms with Gasteiger partial charge in [-0.15, -0.1) is 0 Å². The number of anilines is 1. The molecule has 0 spiro atoms. The Kier molecular flexibility index (Phi) is 3.92. The molecule has 0 aromatic heterocycles. The highest BCUT2D eigenvalue weighted by atomic mass is 32.2. The van der Waals surface area contributed by atoms with Gasteiger partial charge in [0.15, 0.2) is 0 Å². The van der Waals surface area contributed by atoms with Gasteiger partial charge in [-0.25, -0.2) is 8.42 Å². The van der Waals surface area contributed by atoms with Crippen LogP contribution in [0.2, 0.25) is 0 Å². The standard InChI is InChI=1S/C13H20N2O2S/c1-2-15(12-7-3-4-8-12)18(16,17)13-9-5-6-11(14)10-13/h5-6,9-10,12H,2-4,7-8,14H2,1H3. The number of benzene rings is 1. The molecule has 1 saturated carbocycles. The van der Waals surface area contributed by atoms with E-state index in [1.165, 1.54) is 6.07 Å². The summed E-state index contributed by atoms with van der Waals surface area (Å²) in [5.41, 5.74) is 6.15. The van der Waals surface area contributed by atoms with Crippen LogP contribution in [0.25, 0.3) is 0 Å². The molecule has 0 heterocycles. The Balaban J connectivity index is 2.33. The summed E-state index contributed by atoms with van der Waals surface area (Å²) in [6, 6.07) is 6.69. The third-order valence-corrected chi connectivity index (χ3v) is 5.53. The fraction of sp³-hybridized carbons (Fsp3) is 0.538. The number of sulfonamides is 1. The second-order valence-corrected chi connectivity index (χ2v) is 6.61. The van der Waals surface area contributed by atoms with E-state index in [9.17, 15) is 8.42 Å². The van der Waals surface area contributed by atoms with Crippen molar-refractivity contribution in [2.24, 2.45) is 0 Å². The molecule has 0 bridgehead atoms. The molecular formula is C13H20N2O2S. The summed E-state index contributed by atoms with van der Waals surface area (Å²) in [7, 11) is -3.40. The molecule has 1 aliphatic rings. The molecular weight excluding hydrogens is 248 g/mol. The van der Waals surface area contributed by atoms with Crippen molar-refractivity contribution < 1.29 is 8.42 Å². The molecule has 0 radical (unpaired) electrons. The van der Waals surface area contributed by atoms with E-state index >= 15 is 0 Å². The zero-order valence-corrected chi connectivity index (χ0v) is 11.5. The molecule has 1 fully saturated rings. The first-order valence-corrected chi connectivity index (χ1v) is 7.87. The number of nitrogens with zero attached hydrogens (tertiary/aromatic N) is 1. The first kappa shape index (κ1) is 13.4. The Hall–Kier alpha value is -1.07. The quantitative estimate of drug-likeness (QED) is 0.852. The number of hydrogen-bond donors (Lipinski definition) is 1. The normalized spacial score (nSPS) is 17.4. The van der Waals surface area contributed by atoms with Crippen LogP contribution in [-0.4, -0.2) is 25.3 Å². The molecule has 0 saturated heterocycles. The van der Waals surface area contributed by atoms with Gasteiger partial charge >= 0.3 is 0 Å². The van der Waals surface area contributed by atoms with E-state index in [-0.39, 0.29) is 6.04 Å². The summed E-state index contributed by atoms with van der Waals surface area (Å²) in [5.74, 6) is 0. The molecule has 4 nitrogen and oxygen atoms in total. The van der Waals surface area contributed by atoms with E-state index < -0.39 is 10.0 Å². The van der Waals surface area contributed by atoms with Crippen LogP contribution >= 0.6 is 0 Å². The van der Waals surface area contributed by atoms with Gasteiger partial charge in [0.2, 0.25) is 10.0 Å². The molecule has 2 rings (SSSR count). The summed E-state index contributed by atoms with van der Waals surface area (Å²) in [6.07, 6.45) is 4.17. The van der Waals surface area contributed by atoms with Crippen molar-refractivity contribution >= 4 is 15.7 Å². The highest BCUT2D eigenvalue weighted by Crippen LogP contribution is 2.28. The molecule has 18 heavy (non-hydrogen) atoms. The lowest BCUT2D eigenvalue weighted by Crippen LogP contribution is -2.38. The van der Waals surface area contributed by atoms with Gasteiger partial charge in [0.25, 0.3) is 0 Å². The number of rotatable bonds is 4. The van der Waals surface area contributed by atoms with Crippen molar-refractivity contribution in [1.82, 2.24) is 4.31 Å². The highest BCUT2D eigenvalue weighted by Gasteiger charge is 2.31. The second kappa shape index (κ2) is 5.28. The molecule has 1 aliphatic carbocycles. The van der Waals surface area contributed by atoms with Crippen LogP contribution in [0.4, 0.5) is 5.69 Å². The molecule has 5 heteroatoms. The van der Waals surface area contributed by atoms with Crippen molar-refractivity contribution in [2.45, 2.75) is 43.5 Å². The minimum atomic E-state index is -3.40. The van der Waals surface area contributed by atoms with Gasteiger partial charge in [-0.3, -0.25) is 0 Å². The smallest absolute Gasteiger partial charge is 0.243 e. The van der Waals surface area contributed by atoms with Crippen LogP contribution < -0.4 is 5.73 Å². The molecule has 100 valence electrons. The fourth-order valence-electron chi connectivity index (χ4n) is 2.63. The van der Waals surface area contributed by atoms with Gasteiger partial charge < -0.3 is 5.73 Å². The lowest BCUT2D eigenvalue weighted by atomic mass is 10.2. The highest BCUT2D eigenvalue weighted by molar-refractivity contribution is 7.89. The summed E-state index contributed by atoms with van der Waals surface area (Å²) in [6.45, 7) is 2.41. The van der Waals surface area contributed by atoms with E-state index in [0.29, 0.717) is 17.1 Å². The van der Waals surface area contributed by atoms with Gasteiger partial charge in [0.1, 0.15) is 0 Å². The van der Waals surface area contributed by atoms with Gasteiger partial charge in [0.05, 0.1) is 4.90 Å². The Morgan fingerprint density at radius 2 is 2.00 bits per heavy atom. The van der Waals surface area contributed by atoms with Crippen LogP contribution in [0.15, 0.2) is 29.2 Å². The molecule has 1 aromatic rings. The second-order valence-electron chi connectivity index (χ2n) is 4.72. The molecule has 0 unspecified atom stereocenters. The monoisotopic (exact) mass is 268 g/mol. The van der Waals surface area contributed by atoms with Crippen molar-refractivity contribution in [3.05, 3.63) is 24.3 Å². The van der Waals surface area contributed by atoms with Gasteiger partial charge in [-0.1, -0.05) is 25.8 Å². The van der Waals surface area contributed by atoms with Gasteiger partial charge in [-0.2, -0.15) is 4.31 Å². The maximum Gasteiger partial charge on any atom is 0.243 e. The van der Waals surface area contributed by atoms with E-state index in [0.717, 1.165) is 25.7 Å². The average Bonchev–Trinajstić information content (AvgIpc) is 2.83. The first-order valence-electron chi connectivity index (χ1n) is 6.43. The van der Waals surface area contributed by atoms with Crippen molar-refractivity contribution in [3.63, 3.8) is 0 Å². The van der Waals surface area contributed by atoms with E-state index in [2.05, 4.69) is 0 Å². The predicted octanol–water partition coefficient (Wildman–Crippen LogP) is 2.22. The molecule has 0 aliphatic heterocycles. The first-order chi connectivity index (χ1) is 8.55. The maximum absolute atomic E-state index is 12.6. The molecule has 1 aromatic carbocycles. The van der Waals surface area contributed by atoms with Crippen molar-refractivity contribution in [3.8, 4) is 0 Å². The van der Waals surface area contributed by atoms with E-state index in [4.69, 9.17) is 5.73 Å². The zero-order chi connectivity index (χ0) is 13.2. The number of nitrogen functional groups attached to an aromatic ring is 1. The van der Waals surface area contributed by atoms with Crippen molar-refractivity contribution in [1.29, 1.82) is 0 Å². The maximum atomic E-state index is 12.6. The van der Waals surface area contributed by atoms with Crippen LogP contribution in [0.1, 0.15) is 32.6 Å². The van der Waals surface area contributed by atoms with Crippen LogP contribution in [0, 0.1) is 0 Å². The SMILES string of the molecule is CCN(C1CCCC1)S(=O)(=O)c1cccc(N)c1. The average molecular weight is 268 g/mol. The summed E-state index contributed by atoms with van der Waals surface area (Å²) in [4.78, 5) is 0.302. The Labute approximate surface area is 109 Å². The van der Waals surface area contributed by atoms with Crippen molar-refractivity contribution in [2.75, 3.05) is 12.3 Å². The minimum Gasteiger partial charge on any atom is -0.399 e.